The van der Waals surface area contributed by atoms with E-state index in [1.54, 1.807) is 0 Å². The highest BCUT2D eigenvalue weighted by Crippen LogP contribution is 2.36. The number of rotatable bonds is 22. The maximum atomic E-state index is 12.6. The maximum absolute atomic E-state index is 12.6. The van der Waals surface area contributed by atoms with Gasteiger partial charge in [-0.2, -0.15) is 0 Å². The SMILES string of the molecule is CCCCCCCCCCC1=C(CCCCCCCCCCCCc2ccc3ccc4cccc5ccc2c3c45)C(=O)C=CC1=O. The normalized spacial score (nSPS) is 13.8. The van der Waals surface area contributed by atoms with Gasteiger partial charge in [0.05, 0.1) is 0 Å². The molecular formula is C44H56O2. The molecule has 4 aromatic rings. The average Bonchev–Trinajstić information content (AvgIpc) is 3.08. The molecule has 5 rings (SSSR count). The second-order valence-corrected chi connectivity index (χ2v) is 13.9. The van der Waals surface area contributed by atoms with Gasteiger partial charge in [-0.05, 0) is 88.6 Å². The second-order valence-electron chi connectivity index (χ2n) is 13.9. The van der Waals surface area contributed by atoms with Crippen molar-refractivity contribution in [3.63, 3.8) is 0 Å². The molecule has 0 atom stereocenters. The Morgan fingerprint density at radius 1 is 0.413 bits per heavy atom. The Morgan fingerprint density at radius 2 is 0.826 bits per heavy atom. The van der Waals surface area contributed by atoms with E-state index in [0.29, 0.717) is 0 Å². The minimum absolute atomic E-state index is 0.0772. The molecule has 4 aromatic carbocycles. The molecule has 1 aliphatic carbocycles. The highest BCUT2D eigenvalue weighted by Gasteiger charge is 2.21. The van der Waals surface area contributed by atoms with Gasteiger partial charge in [0, 0.05) is 11.1 Å². The highest BCUT2D eigenvalue weighted by atomic mass is 16.1. The van der Waals surface area contributed by atoms with Gasteiger partial charge in [-0.1, -0.05) is 158 Å². The summed E-state index contributed by atoms with van der Waals surface area (Å²) in [4.78, 5) is 25.2. The molecule has 244 valence electrons. The zero-order valence-corrected chi connectivity index (χ0v) is 28.5. The van der Waals surface area contributed by atoms with Crippen LogP contribution in [0, 0.1) is 0 Å². The van der Waals surface area contributed by atoms with E-state index < -0.39 is 0 Å². The van der Waals surface area contributed by atoms with Crippen LogP contribution in [-0.2, 0) is 16.0 Å². The molecule has 0 saturated carbocycles. The van der Waals surface area contributed by atoms with E-state index in [1.165, 1.54) is 140 Å². The van der Waals surface area contributed by atoms with Crippen LogP contribution in [0.4, 0.5) is 0 Å². The van der Waals surface area contributed by atoms with Crippen LogP contribution in [0.15, 0.2) is 77.9 Å². The molecule has 0 bridgehead atoms. The third-order valence-corrected chi connectivity index (χ3v) is 10.4. The first-order chi connectivity index (χ1) is 22.7. The Hall–Kier alpha value is -3.26. The molecular weight excluding hydrogens is 560 g/mol. The van der Waals surface area contributed by atoms with E-state index in [9.17, 15) is 9.59 Å². The van der Waals surface area contributed by atoms with Gasteiger partial charge in [0.25, 0.3) is 0 Å². The first-order valence-electron chi connectivity index (χ1n) is 18.8. The molecule has 2 nitrogen and oxygen atoms in total. The third kappa shape index (κ3) is 9.18. The summed E-state index contributed by atoms with van der Waals surface area (Å²) in [6, 6.07) is 20.5. The first-order valence-corrected chi connectivity index (χ1v) is 18.8. The van der Waals surface area contributed by atoms with Crippen molar-refractivity contribution >= 4 is 43.9 Å². The van der Waals surface area contributed by atoms with E-state index in [0.717, 1.165) is 56.1 Å². The molecule has 46 heavy (non-hydrogen) atoms. The van der Waals surface area contributed by atoms with Crippen LogP contribution < -0.4 is 0 Å². The zero-order chi connectivity index (χ0) is 32.0. The fourth-order valence-corrected chi connectivity index (χ4v) is 7.68. The van der Waals surface area contributed by atoms with Crippen molar-refractivity contribution in [2.75, 3.05) is 0 Å². The number of carbonyl (C=O) groups excluding carboxylic acids is 2. The molecule has 0 aliphatic heterocycles. The van der Waals surface area contributed by atoms with E-state index in [2.05, 4.69) is 61.5 Å². The van der Waals surface area contributed by atoms with Crippen LogP contribution in [0.5, 0.6) is 0 Å². The van der Waals surface area contributed by atoms with Gasteiger partial charge >= 0.3 is 0 Å². The molecule has 0 heterocycles. The average molecular weight is 617 g/mol. The van der Waals surface area contributed by atoms with Crippen molar-refractivity contribution in [2.24, 2.45) is 0 Å². The smallest absolute Gasteiger partial charge is 0.182 e. The first kappa shape index (κ1) is 34.1. The molecule has 0 unspecified atom stereocenters. The van der Waals surface area contributed by atoms with Gasteiger partial charge in [0.15, 0.2) is 11.6 Å². The number of hydrogen-bond donors (Lipinski definition) is 0. The molecule has 0 fully saturated rings. The van der Waals surface area contributed by atoms with Crippen LogP contribution >= 0.6 is 0 Å². The van der Waals surface area contributed by atoms with Crippen molar-refractivity contribution < 1.29 is 9.59 Å². The van der Waals surface area contributed by atoms with Crippen LogP contribution in [0.25, 0.3) is 32.3 Å². The summed E-state index contributed by atoms with van der Waals surface area (Å²) in [5.74, 6) is 0.154. The fourth-order valence-electron chi connectivity index (χ4n) is 7.68. The number of aryl methyl sites for hydroxylation is 1. The van der Waals surface area contributed by atoms with Gasteiger partial charge in [-0.3, -0.25) is 9.59 Å². The standard InChI is InChI=1S/C44H56O2/c1-2-3-4-5-6-12-15-18-24-39-40(42(46)33-32-41(39)45)25-19-16-13-10-8-7-9-11-14-17-21-34-26-27-37-29-28-35-22-20-23-36-30-31-38(34)44(37)43(35)36/h20,22-23,26-33H,2-19,21,24-25H2,1H3. The van der Waals surface area contributed by atoms with Gasteiger partial charge in [0.1, 0.15) is 0 Å². The Labute approximate surface area is 278 Å². The second kappa shape index (κ2) is 18.2. The number of carbonyl (C=O) groups is 2. The van der Waals surface area contributed by atoms with E-state index in [-0.39, 0.29) is 11.6 Å². The van der Waals surface area contributed by atoms with E-state index in [4.69, 9.17) is 0 Å². The summed E-state index contributed by atoms with van der Waals surface area (Å²) >= 11 is 0. The van der Waals surface area contributed by atoms with E-state index in [1.807, 2.05) is 0 Å². The van der Waals surface area contributed by atoms with Crippen LogP contribution in [0.2, 0.25) is 0 Å². The van der Waals surface area contributed by atoms with Crippen molar-refractivity contribution in [2.45, 2.75) is 142 Å². The predicted octanol–water partition coefficient (Wildman–Crippen LogP) is 13.0. The molecule has 0 N–H and O–H groups in total. The van der Waals surface area contributed by atoms with Gasteiger partial charge < -0.3 is 0 Å². The quantitative estimate of drug-likeness (QED) is 0.0500. The Bertz CT molecular complexity index is 1600. The lowest BCUT2D eigenvalue weighted by molar-refractivity contribution is -0.115. The van der Waals surface area contributed by atoms with Crippen LogP contribution in [0.1, 0.15) is 141 Å². The number of hydrogen-bond acceptors (Lipinski definition) is 2. The summed E-state index contributed by atoms with van der Waals surface area (Å²) in [7, 11) is 0. The summed E-state index contributed by atoms with van der Waals surface area (Å²) in [5, 5.41) is 8.35. The summed E-state index contributed by atoms with van der Waals surface area (Å²) in [6.45, 7) is 2.25. The van der Waals surface area contributed by atoms with Crippen LogP contribution in [-0.4, -0.2) is 11.6 Å². The molecule has 2 heteroatoms. The topological polar surface area (TPSA) is 34.1 Å². The molecule has 1 aliphatic rings. The summed E-state index contributed by atoms with van der Waals surface area (Å²) < 4.78 is 0. The van der Waals surface area contributed by atoms with Gasteiger partial charge in [0.2, 0.25) is 0 Å². The van der Waals surface area contributed by atoms with Crippen molar-refractivity contribution in [1.29, 1.82) is 0 Å². The lowest BCUT2D eigenvalue weighted by Gasteiger charge is -2.15. The molecule has 0 saturated heterocycles. The number of ketones is 2. The predicted molar refractivity (Wildman–Crippen MR) is 198 cm³/mol. The minimum Gasteiger partial charge on any atom is -0.290 e. The summed E-state index contributed by atoms with van der Waals surface area (Å²) in [5.41, 5.74) is 3.13. The number of allylic oxidation sites excluding steroid dienone is 4. The maximum Gasteiger partial charge on any atom is 0.182 e. The van der Waals surface area contributed by atoms with Gasteiger partial charge in [-0.15, -0.1) is 0 Å². The van der Waals surface area contributed by atoms with Crippen molar-refractivity contribution in [3.8, 4) is 0 Å². The Kier molecular flexibility index (Phi) is 13.5. The van der Waals surface area contributed by atoms with Crippen LogP contribution in [0.3, 0.4) is 0 Å². The lowest BCUT2D eigenvalue weighted by atomic mass is 9.88. The molecule has 0 aromatic heterocycles. The zero-order valence-electron chi connectivity index (χ0n) is 28.5. The molecule has 0 amide bonds. The molecule has 0 radical (unpaired) electrons. The number of benzene rings is 4. The number of unbranched alkanes of at least 4 members (excludes halogenated alkanes) is 16. The Balaban J connectivity index is 0.933. The van der Waals surface area contributed by atoms with Crippen molar-refractivity contribution in [1.82, 2.24) is 0 Å². The van der Waals surface area contributed by atoms with Crippen molar-refractivity contribution in [3.05, 3.63) is 83.5 Å². The Morgan fingerprint density at radius 3 is 1.35 bits per heavy atom. The minimum atomic E-state index is 0.0772. The largest absolute Gasteiger partial charge is 0.290 e. The lowest BCUT2D eigenvalue weighted by Crippen LogP contribution is -2.15. The van der Waals surface area contributed by atoms with E-state index >= 15 is 0 Å². The van der Waals surface area contributed by atoms with Gasteiger partial charge in [-0.25, -0.2) is 0 Å². The fraction of sp³-hybridized carbons (Fsp3) is 0.500. The monoisotopic (exact) mass is 616 g/mol. The summed E-state index contributed by atoms with van der Waals surface area (Å²) in [6.07, 6.45) is 28.3. The highest BCUT2D eigenvalue weighted by molar-refractivity contribution is 6.23. The third-order valence-electron chi connectivity index (χ3n) is 10.4. The molecule has 0 spiro atoms.